The van der Waals surface area contributed by atoms with Gasteiger partial charge in [-0.15, -0.1) is 10.2 Å². The molecule has 4 aromatic rings. The summed E-state index contributed by atoms with van der Waals surface area (Å²) in [4.78, 5) is 3.94. The molecule has 0 aliphatic carbocycles. The summed E-state index contributed by atoms with van der Waals surface area (Å²) in [7, 11) is -4.51. The Kier molecular flexibility index (Phi) is 4.71. The summed E-state index contributed by atoms with van der Waals surface area (Å²) >= 11 is 0. The van der Waals surface area contributed by atoms with E-state index in [9.17, 15) is 13.0 Å². The molecule has 0 saturated heterocycles. The molecule has 0 fully saturated rings. The normalized spacial score (nSPS) is 12.4. The van der Waals surface area contributed by atoms with E-state index < -0.39 is 10.1 Å². The van der Waals surface area contributed by atoms with Gasteiger partial charge in [0.2, 0.25) is 0 Å². The SMILES string of the molecule is NN=Nc1c(/N=N/c2ccc3ncccc3c2)cc(S(=O)(=O)O)c2ccccc12. The minimum atomic E-state index is -4.51. The highest BCUT2D eigenvalue weighted by molar-refractivity contribution is 7.86. The van der Waals surface area contributed by atoms with E-state index in [1.165, 1.54) is 6.07 Å². The topological polar surface area (TPSA) is 143 Å². The van der Waals surface area contributed by atoms with Crippen LogP contribution < -0.4 is 5.84 Å². The molecule has 4 rings (SSSR count). The van der Waals surface area contributed by atoms with Crippen LogP contribution in [0.2, 0.25) is 0 Å². The molecule has 1 aromatic heterocycles. The molecule has 0 spiro atoms. The van der Waals surface area contributed by atoms with Crippen molar-refractivity contribution in [3.05, 3.63) is 66.9 Å². The Morgan fingerprint density at radius 3 is 2.45 bits per heavy atom. The van der Waals surface area contributed by atoms with E-state index in [0.29, 0.717) is 11.1 Å². The lowest BCUT2D eigenvalue weighted by Crippen LogP contribution is -1.99. The molecular weight excluding hydrogens is 392 g/mol. The number of hydrogen-bond donors (Lipinski definition) is 2. The Morgan fingerprint density at radius 1 is 0.897 bits per heavy atom. The lowest BCUT2D eigenvalue weighted by Gasteiger charge is -2.08. The molecule has 0 aliphatic heterocycles. The van der Waals surface area contributed by atoms with E-state index in [1.54, 1.807) is 48.7 Å². The van der Waals surface area contributed by atoms with E-state index in [1.807, 2.05) is 12.1 Å². The molecule has 0 aliphatic rings. The molecule has 0 bridgehead atoms. The Labute approximate surface area is 165 Å². The van der Waals surface area contributed by atoms with Gasteiger partial charge in [-0.1, -0.05) is 35.6 Å². The third kappa shape index (κ3) is 3.66. The monoisotopic (exact) mass is 406 g/mol. The number of hydrogen-bond acceptors (Lipinski definition) is 7. The molecule has 0 atom stereocenters. The summed E-state index contributed by atoms with van der Waals surface area (Å²) in [5.41, 5.74) is 1.67. The van der Waals surface area contributed by atoms with Gasteiger partial charge in [0.25, 0.3) is 10.1 Å². The molecular formula is C19H14N6O3S. The molecule has 3 aromatic carbocycles. The largest absolute Gasteiger partial charge is 0.305 e. The van der Waals surface area contributed by atoms with Crippen molar-refractivity contribution in [1.29, 1.82) is 0 Å². The first-order valence-electron chi connectivity index (χ1n) is 8.38. The van der Waals surface area contributed by atoms with Crippen molar-refractivity contribution < 1.29 is 13.0 Å². The molecule has 0 unspecified atom stereocenters. The Balaban J connectivity index is 1.91. The lowest BCUT2D eigenvalue weighted by atomic mass is 10.1. The molecule has 29 heavy (non-hydrogen) atoms. The Hall–Kier alpha value is -3.76. The van der Waals surface area contributed by atoms with E-state index >= 15 is 0 Å². The summed E-state index contributed by atoms with van der Waals surface area (Å²) in [6, 6.07) is 16.7. The first-order valence-corrected chi connectivity index (χ1v) is 9.82. The fourth-order valence-electron chi connectivity index (χ4n) is 3.00. The van der Waals surface area contributed by atoms with Gasteiger partial charge in [-0.2, -0.15) is 13.5 Å². The van der Waals surface area contributed by atoms with Crippen LogP contribution >= 0.6 is 0 Å². The van der Waals surface area contributed by atoms with Gasteiger partial charge < -0.3 is 5.84 Å². The van der Waals surface area contributed by atoms with Crippen LogP contribution in [0.15, 0.2) is 92.3 Å². The van der Waals surface area contributed by atoms with Gasteiger partial charge in [0.1, 0.15) is 16.3 Å². The standard InChI is InChI=1S/C19H14N6O3S/c20-25-24-19-15-6-2-1-5-14(15)18(29(26,27)28)11-17(19)23-22-13-7-8-16-12(10-13)4-3-9-21-16/h1-11H,(H2,20,24)(H,26,27,28)/b23-22+. The Morgan fingerprint density at radius 2 is 1.69 bits per heavy atom. The first kappa shape index (κ1) is 18.6. The van der Waals surface area contributed by atoms with Crippen molar-refractivity contribution in [2.24, 2.45) is 26.4 Å². The number of benzene rings is 3. The van der Waals surface area contributed by atoms with Crippen molar-refractivity contribution >= 4 is 48.9 Å². The van der Waals surface area contributed by atoms with E-state index in [0.717, 1.165) is 10.9 Å². The van der Waals surface area contributed by atoms with Crippen molar-refractivity contribution in [1.82, 2.24) is 4.98 Å². The van der Waals surface area contributed by atoms with Gasteiger partial charge >= 0.3 is 0 Å². The van der Waals surface area contributed by atoms with Crippen LogP contribution in [0.3, 0.4) is 0 Å². The highest BCUT2D eigenvalue weighted by atomic mass is 32.2. The zero-order valence-corrected chi connectivity index (χ0v) is 15.7. The van der Waals surface area contributed by atoms with Gasteiger partial charge in [-0.25, -0.2) is 0 Å². The van der Waals surface area contributed by atoms with Gasteiger partial charge in [-0.3, -0.25) is 9.54 Å². The van der Waals surface area contributed by atoms with E-state index in [-0.39, 0.29) is 21.7 Å². The predicted molar refractivity (Wildman–Crippen MR) is 108 cm³/mol. The average molecular weight is 406 g/mol. The quantitative estimate of drug-likeness (QED) is 0.212. The number of fused-ring (bicyclic) bond motifs is 2. The second-order valence-electron chi connectivity index (χ2n) is 6.06. The highest BCUT2D eigenvalue weighted by Crippen LogP contribution is 2.40. The molecule has 10 heteroatoms. The maximum atomic E-state index is 11.9. The zero-order valence-electron chi connectivity index (χ0n) is 14.8. The molecule has 1 heterocycles. The summed E-state index contributed by atoms with van der Waals surface area (Å²) in [5, 5.41) is 17.1. The van der Waals surface area contributed by atoms with Gasteiger partial charge in [-0.05, 0) is 30.3 Å². The third-order valence-corrected chi connectivity index (χ3v) is 5.15. The number of nitrogens with two attached hydrogens (primary N) is 1. The van der Waals surface area contributed by atoms with Crippen LogP contribution in [-0.4, -0.2) is 18.0 Å². The van der Waals surface area contributed by atoms with Crippen LogP contribution in [-0.2, 0) is 10.1 Å². The van der Waals surface area contributed by atoms with Crippen molar-refractivity contribution in [2.45, 2.75) is 4.90 Å². The third-order valence-electron chi connectivity index (χ3n) is 4.25. The van der Waals surface area contributed by atoms with Crippen molar-refractivity contribution in [2.75, 3.05) is 0 Å². The summed E-state index contributed by atoms with van der Waals surface area (Å²) in [6.07, 6.45) is 1.69. The molecule has 0 saturated carbocycles. The van der Waals surface area contributed by atoms with Crippen LogP contribution in [0, 0.1) is 0 Å². The van der Waals surface area contributed by atoms with E-state index in [4.69, 9.17) is 5.84 Å². The number of azo groups is 1. The zero-order chi connectivity index (χ0) is 20.4. The lowest BCUT2D eigenvalue weighted by molar-refractivity contribution is 0.484. The van der Waals surface area contributed by atoms with Crippen LogP contribution in [0.25, 0.3) is 21.7 Å². The fourth-order valence-corrected chi connectivity index (χ4v) is 3.72. The fraction of sp³-hybridized carbons (Fsp3) is 0. The molecule has 0 amide bonds. The smallest absolute Gasteiger partial charge is 0.295 e. The highest BCUT2D eigenvalue weighted by Gasteiger charge is 2.19. The van der Waals surface area contributed by atoms with E-state index in [2.05, 4.69) is 25.5 Å². The minimum absolute atomic E-state index is 0.0943. The second kappa shape index (κ2) is 7.34. The van der Waals surface area contributed by atoms with Crippen molar-refractivity contribution in [3.63, 3.8) is 0 Å². The number of rotatable bonds is 4. The number of aromatic nitrogens is 1. The second-order valence-corrected chi connectivity index (χ2v) is 7.45. The average Bonchev–Trinajstić information content (AvgIpc) is 2.72. The molecule has 9 nitrogen and oxygen atoms in total. The molecule has 144 valence electrons. The summed E-state index contributed by atoms with van der Waals surface area (Å²) < 4.78 is 33.4. The van der Waals surface area contributed by atoms with Gasteiger partial charge in [0.15, 0.2) is 0 Å². The molecule has 0 radical (unpaired) electrons. The van der Waals surface area contributed by atoms with Crippen LogP contribution in [0.1, 0.15) is 0 Å². The number of pyridine rings is 1. The summed E-state index contributed by atoms with van der Waals surface area (Å²) in [6.45, 7) is 0. The van der Waals surface area contributed by atoms with Gasteiger partial charge in [0, 0.05) is 22.4 Å². The summed E-state index contributed by atoms with van der Waals surface area (Å²) in [5.74, 6) is 5.23. The Bertz CT molecular complexity index is 1400. The number of nitrogens with zero attached hydrogens (tertiary/aromatic N) is 5. The van der Waals surface area contributed by atoms with Crippen LogP contribution in [0.4, 0.5) is 17.1 Å². The maximum Gasteiger partial charge on any atom is 0.295 e. The predicted octanol–water partition coefficient (Wildman–Crippen LogP) is 5.01. The minimum Gasteiger partial charge on any atom is -0.305 e. The van der Waals surface area contributed by atoms with Crippen molar-refractivity contribution in [3.8, 4) is 0 Å². The molecule has 3 N–H and O–H groups in total. The first-order chi connectivity index (χ1) is 14.0. The maximum absolute atomic E-state index is 11.9. The van der Waals surface area contributed by atoms with Crippen LogP contribution in [0.5, 0.6) is 0 Å². The van der Waals surface area contributed by atoms with Gasteiger partial charge in [0.05, 0.1) is 11.2 Å².